The molecule has 0 spiro atoms. The summed E-state index contributed by atoms with van der Waals surface area (Å²) in [7, 11) is -2.11. The van der Waals surface area contributed by atoms with E-state index in [1.165, 1.54) is 0 Å². The van der Waals surface area contributed by atoms with Crippen LogP contribution in [0.25, 0.3) is 0 Å². The molecule has 0 aliphatic rings. The molecule has 2 heteroatoms. The van der Waals surface area contributed by atoms with Crippen LogP contribution < -0.4 is 0 Å². The molecule has 0 saturated heterocycles. The van der Waals surface area contributed by atoms with Gasteiger partial charge in [-0.2, -0.15) is 0 Å². The lowest BCUT2D eigenvalue weighted by Gasteiger charge is -2.29. The maximum atomic E-state index is 10.00. The maximum absolute atomic E-state index is 10.00. The first-order valence-electron chi connectivity index (χ1n) is 3.81. The highest BCUT2D eigenvalue weighted by molar-refractivity contribution is 6.79. The molecular weight excluding hydrogens is 140 g/mol. The molecule has 1 N–H and O–H groups in total. The molecule has 60 valence electrons. The summed E-state index contributed by atoms with van der Waals surface area (Å²) >= 11 is 0. The Bertz CT molecular complexity index is 110. The van der Waals surface area contributed by atoms with Crippen LogP contribution in [0.2, 0.25) is 11.1 Å². The Kier molecular flexibility index (Phi) is 3.32. The van der Waals surface area contributed by atoms with Crippen LogP contribution in [0.5, 0.6) is 0 Å². The van der Waals surface area contributed by atoms with E-state index in [9.17, 15) is 4.80 Å². The van der Waals surface area contributed by atoms with Crippen LogP contribution in [-0.4, -0.2) is 13.1 Å². The average Bonchev–Trinajstić information content (AvgIpc) is 1.85. The molecule has 0 bridgehead atoms. The van der Waals surface area contributed by atoms with Crippen molar-refractivity contribution >= 4 is 8.32 Å². The second-order valence-corrected chi connectivity index (χ2v) is 7.89. The molecule has 0 fully saturated rings. The quantitative estimate of drug-likeness (QED) is 0.626. The van der Waals surface area contributed by atoms with Gasteiger partial charge >= 0.3 is 0 Å². The third-order valence-electron chi connectivity index (χ3n) is 2.18. The van der Waals surface area contributed by atoms with E-state index < -0.39 is 8.32 Å². The molecule has 10 heavy (non-hydrogen) atoms. The fourth-order valence-corrected chi connectivity index (χ4v) is 3.41. The van der Waals surface area contributed by atoms with Crippen LogP contribution in [0.3, 0.4) is 0 Å². The summed E-state index contributed by atoms with van der Waals surface area (Å²) in [6.45, 7) is 11.9. The molecule has 0 amide bonds. The summed E-state index contributed by atoms with van der Waals surface area (Å²) in [6, 6.07) is 0. The van der Waals surface area contributed by atoms with E-state index in [2.05, 4.69) is 34.3 Å². The van der Waals surface area contributed by atoms with Crippen LogP contribution in [-0.2, 0) is 0 Å². The van der Waals surface area contributed by atoms with Crippen molar-refractivity contribution in [2.45, 2.75) is 38.8 Å². The van der Waals surface area contributed by atoms with Crippen molar-refractivity contribution in [2.24, 2.45) is 0 Å². The van der Waals surface area contributed by atoms with E-state index in [0.29, 0.717) is 11.1 Å². The summed E-state index contributed by atoms with van der Waals surface area (Å²) in [5, 5.41) is 0. The molecule has 0 heterocycles. The Balaban J connectivity index is 4.38. The van der Waals surface area contributed by atoms with Gasteiger partial charge < -0.3 is 4.80 Å². The van der Waals surface area contributed by atoms with E-state index in [1.54, 1.807) is 5.70 Å². The summed E-state index contributed by atoms with van der Waals surface area (Å²) in [5.41, 5.74) is 2.54. The monoisotopic (exact) mass is 158 g/mol. The molecule has 0 aliphatic heterocycles. The van der Waals surface area contributed by atoms with E-state index in [1.807, 2.05) is 0 Å². The minimum atomic E-state index is -2.11. The summed E-state index contributed by atoms with van der Waals surface area (Å²) in [5.74, 6) is 0. The van der Waals surface area contributed by atoms with Crippen molar-refractivity contribution < 1.29 is 4.80 Å². The summed E-state index contributed by atoms with van der Waals surface area (Å²) in [6.07, 6.45) is 0. The van der Waals surface area contributed by atoms with Crippen LogP contribution in [0, 0.1) is 0 Å². The Labute approximate surface area is 64.9 Å². The molecule has 0 aromatic rings. The van der Waals surface area contributed by atoms with Gasteiger partial charge in [-0.05, 0) is 11.1 Å². The first kappa shape index (κ1) is 9.92. The zero-order valence-corrected chi connectivity index (χ0v) is 8.39. The van der Waals surface area contributed by atoms with Crippen LogP contribution in [0.4, 0.5) is 0 Å². The second-order valence-electron chi connectivity index (χ2n) is 3.40. The van der Waals surface area contributed by atoms with Gasteiger partial charge in [-0.25, -0.2) is 0 Å². The molecule has 0 aromatic carbocycles. The van der Waals surface area contributed by atoms with Crippen LogP contribution in [0.15, 0.2) is 12.3 Å². The number of hydrogen-bond donors (Lipinski definition) is 1. The van der Waals surface area contributed by atoms with Crippen molar-refractivity contribution in [2.75, 3.05) is 0 Å². The lowest BCUT2D eigenvalue weighted by atomic mass is 10.5. The first-order valence-corrected chi connectivity index (χ1v) is 5.99. The van der Waals surface area contributed by atoms with E-state index in [4.69, 9.17) is 0 Å². The highest BCUT2D eigenvalue weighted by Gasteiger charge is 2.34. The van der Waals surface area contributed by atoms with Gasteiger partial charge in [-0.1, -0.05) is 33.4 Å². The topological polar surface area (TPSA) is 20.2 Å². The largest absolute Gasteiger partial charge is 0.427 e. The highest BCUT2D eigenvalue weighted by Crippen LogP contribution is 2.29. The zero-order chi connectivity index (χ0) is 8.36. The minimum absolute atomic E-state index is 0.380. The molecular formula is C8H18OSi. The zero-order valence-electron chi connectivity index (χ0n) is 7.39. The molecule has 0 aromatic heterocycles. The molecule has 0 saturated carbocycles. The lowest BCUT2D eigenvalue weighted by molar-refractivity contribution is 0.511. The molecule has 0 radical (unpaired) electrons. The van der Waals surface area contributed by atoms with Crippen molar-refractivity contribution in [3.63, 3.8) is 0 Å². The standard InChI is InChI=1S/C8H18OSi/c1-6-10(9,7(2)3)8(4)5/h6-9H,1H2,2-5H3. The van der Waals surface area contributed by atoms with Gasteiger partial charge in [-0.3, -0.25) is 0 Å². The maximum Gasteiger partial charge on any atom is 0.217 e. The Morgan fingerprint density at radius 3 is 1.50 bits per heavy atom. The molecule has 1 nitrogen and oxygen atoms in total. The van der Waals surface area contributed by atoms with Crippen LogP contribution in [0.1, 0.15) is 27.7 Å². The summed E-state index contributed by atoms with van der Waals surface area (Å²) < 4.78 is 0. The fraction of sp³-hybridized carbons (Fsp3) is 0.750. The average molecular weight is 158 g/mol. The highest BCUT2D eigenvalue weighted by atomic mass is 28.4. The van der Waals surface area contributed by atoms with E-state index in [0.717, 1.165) is 0 Å². The Morgan fingerprint density at radius 1 is 1.20 bits per heavy atom. The lowest BCUT2D eigenvalue weighted by Crippen LogP contribution is -2.39. The van der Waals surface area contributed by atoms with E-state index in [-0.39, 0.29) is 0 Å². The van der Waals surface area contributed by atoms with Gasteiger partial charge in [0.15, 0.2) is 0 Å². The predicted octanol–water partition coefficient (Wildman–Crippen LogP) is 2.47. The molecule has 0 unspecified atom stereocenters. The van der Waals surface area contributed by atoms with Crippen molar-refractivity contribution in [3.05, 3.63) is 12.3 Å². The third kappa shape index (κ3) is 1.70. The molecule has 0 atom stereocenters. The minimum Gasteiger partial charge on any atom is -0.427 e. The van der Waals surface area contributed by atoms with Gasteiger partial charge in [0.1, 0.15) is 0 Å². The predicted molar refractivity (Wildman–Crippen MR) is 48.4 cm³/mol. The normalized spacial score (nSPS) is 12.7. The SMILES string of the molecule is C=C[Si](O)(C(C)C)C(C)C. The van der Waals surface area contributed by atoms with Crippen LogP contribution >= 0.6 is 0 Å². The van der Waals surface area contributed by atoms with Gasteiger partial charge in [0, 0.05) is 0 Å². The van der Waals surface area contributed by atoms with Gasteiger partial charge in [0.25, 0.3) is 0 Å². The number of hydrogen-bond acceptors (Lipinski definition) is 1. The molecule has 0 aliphatic carbocycles. The van der Waals surface area contributed by atoms with E-state index >= 15 is 0 Å². The summed E-state index contributed by atoms with van der Waals surface area (Å²) in [4.78, 5) is 10.00. The molecule has 0 rings (SSSR count). The van der Waals surface area contributed by atoms with Gasteiger partial charge in [0.2, 0.25) is 8.32 Å². The number of rotatable bonds is 3. The van der Waals surface area contributed by atoms with Crippen molar-refractivity contribution in [1.82, 2.24) is 0 Å². The Morgan fingerprint density at radius 2 is 1.50 bits per heavy atom. The fourth-order valence-electron chi connectivity index (χ4n) is 1.14. The Hall–Kier alpha value is -0.0831. The smallest absolute Gasteiger partial charge is 0.217 e. The van der Waals surface area contributed by atoms with Gasteiger partial charge in [0.05, 0.1) is 0 Å². The van der Waals surface area contributed by atoms with Gasteiger partial charge in [-0.15, -0.1) is 6.58 Å². The van der Waals surface area contributed by atoms with Crippen molar-refractivity contribution in [1.29, 1.82) is 0 Å². The third-order valence-corrected chi connectivity index (χ3v) is 6.53. The van der Waals surface area contributed by atoms with Crippen molar-refractivity contribution in [3.8, 4) is 0 Å². The first-order chi connectivity index (χ1) is 4.45. The second kappa shape index (κ2) is 3.35.